The Labute approximate surface area is 150 Å². The summed E-state index contributed by atoms with van der Waals surface area (Å²) in [5.74, 6) is -1.07. The third-order valence-electron chi connectivity index (χ3n) is 4.54. The van der Waals surface area contributed by atoms with Crippen molar-refractivity contribution in [2.75, 3.05) is 16.8 Å². The molecule has 1 unspecified atom stereocenters. The number of nitrogens with zero attached hydrogens (tertiary/aromatic N) is 2. The van der Waals surface area contributed by atoms with E-state index in [-0.39, 0.29) is 36.2 Å². The zero-order valence-corrected chi connectivity index (χ0v) is 14.6. The smallest absolute Gasteiger partial charge is 0.293 e. The number of amides is 2. The molecule has 1 N–H and O–H groups in total. The van der Waals surface area contributed by atoms with Gasteiger partial charge in [-0.25, -0.2) is 0 Å². The van der Waals surface area contributed by atoms with Crippen LogP contribution in [0.25, 0.3) is 0 Å². The first-order chi connectivity index (χ1) is 12.4. The molecule has 1 atom stereocenters. The predicted octanol–water partition coefficient (Wildman–Crippen LogP) is 3.20. The normalized spacial score (nSPS) is 16.6. The maximum Gasteiger partial charge on any atom is 0.293 e. The largest absolute Gasteiger partial charge is 0.320 e. The number of rotatable bonds is 4. The van der Waals surface area contributed by atoms with Gasteiger partial charge in [0.05, 0.1) is 10.8 Å². The Morgan fingerprint density at radius 1 is 1.19 bits per heavy atom. The quantitative estimate of drug-likeness (QED) is 0.675. The standard InChI is InChI=1S/C19H19N3O4/c1-12-6-8-15(9-7-12)21-11-14(10-17(21)23)19(24)20-18-13(2)4-3-5-16(18)22(25)26/h3-9,14H,10-11H2,1-2H3,(H,20,24). The van der Waals surface area contributed by atoms with Crippen LogP contribution in [0, 0.1) is 29.9 Å². The van der Waals surface area contributed by atoms with Crippen LogP contribution in [0.2, 0.25) is 0 Å². The third kappa shape index (κ3) is 3.42. The van der Waals surface area contributed by atoms with Crippen molar-refractivity contribution in [2.45, 2.75) is 20.3 Å². The summed E-state index contributed by atoms with van der Waals surface area (Å²) in [5.41, 5.74) is 2.47. The molecule has 1 aliphatic heterocycles. The lowest BCUT2D eigenvalue weighted by molar-refractivity contribution is -0.384. The highest BCUT2D eigenvalue weighted by Crippen LogP contribution is 2.30. The van der Waals surface area contributed by atoms with Crippen molar-refractivity contribution in [3.63, 3.8) is 0 Å². The van der Waals surface area contributed by atoms with Gasteiger partial charge in [0.15, 0.2) is 0 Å². The molecule has 1 saturated heterocycles. The summed E-state index contributed by atoms with van der Waals surface area (Å²) in [5, 5.41) is 13.8. The van der Waals surface area contributed by atoms with E-state index in [9.17, 15) is 19.7 Å². The van der Waals surface area contributed by atoms with Crippen molar-refractivity contribution >= 4 is 28.9 Å². The molecule has 1 heterocycles. The van der Waals surface area contributed by atoms with Crippen LogP contribution >= 0.6 is 0 Å². The van der Waals surface area contributed by atoms with Crippen LogP contribution in [0.1, 0.15) is 17.5 Å². The van der Waals surface area contributed by atoms with E-state index in [1.807, 2.05) is 31.2 Å². The first-order valence-electron chi connectivity index (χ1n) is 8.28. The van der Waals surface area contributed by atoms with Crippen LogP contribution in [0.3, 0.4) is 0 Å². The molecule has 0 spiro atoms. The number of carbonyl (C=O) groups excluding carboxylic acids is 2. The van der Waals surface area contributed by atoms with Crippen LogP contribution in [0.4, 0.5) is 17.1 Å². The summed E-state index contributed by atoms with van der Waals surface area (Å²) in [6, 6.07) is 12.1. The van der Waals surface area contributed by atoms with Gasteiger partial charge in [0.25, 0.3) is 5.69 Å². The summed E-state index contributed by atoms with van der Waals surface area (Å²) in [6.07, 6.45) is 0.0827. The lowest BCUT2D eigenvalue weighted by Crippen LogP contribution is -2.28. The highest BCUT2D eigenvalue weighted by Gasteiger charge is 2.36. The van der Waals surface area contributed by atoms with E-state index in [2.05, 4.69) is 5.32 Å². The third-order valence-corrected chi connectivity index (χ3v) is 4.54. The number of nitrogens with one attached hydrogen (secondary N) is 1. The van der Waals surface area contributed by atoms with E-state index in [1.165, 1.54) is 6.07 Å². The van der Waals surface area contributed by atoms with Crippen molar-refractivity contribution in [3.8, 4) is 0 Å². The van der Waals surface area contributed by atoms with Gasteiger partial charge in [0.2, 0.25) is 11.8 Å². The Bertz CT molecular complexity index is 877. The monoisotopic (exact) mass is 353 g/mol. The van der Waals surface area contributed by atoms with Crippen LogP contribution in [0.5, 0.6) is 0 Å². The Morgan fingerprint density at radius 3 is 2.54 bits per heavy atom. The molecule has 0 saturated carbocycles. The second-order valence-electron chi connectivity index (χ2n) is 6.46. The van der Waals surface area contributed by atoms with Crippen molar-refractivity contribution in [1.82, 2.24) is 0 Å². The van der Waals surface area contributed by atoms with Crippen molar-refractivity contribution in [2.24, 2.45) is 5.92 Å². The average molecular weight is 353 g/mol. The van der Waals surface area contributed by atoms with Gasteiger partial charge in [0, 0.05) is 24.7 Å². The maximum atomic E-state index is 12.6. The molecule has 1 fully saturated rings. The van der Waals surface area contributed by atoms with Crippen LogP contribution in [-0.4, -0.2) is 23.3 Å². The molecular formula is C19H19N3O4. The molecule has 2 amide bonds. The fourth-order valence-electron chi connectivity index (χ4n) is 3.05. The number of nitro benzene ring substituents is 1. The molecular weight excluding hydrogens is 334 g/mol. The Morgan fingerprint density at radius 2 is 1.88 bits per heavy atom. The highest BCUT2D eigenvalue weighted by molar-refractivity contribution is 6.04. The number of nitro groups is 1. The van der Waals surface area contributed by atoms with E-state index >= 15 is 0 Å². The molecule has 0 aromatic heterocycles. The molecule has 7 heteroatoms. The summed E-state index contributed by atoms with van der Waals surface area (Å²) >= 11 is 0. The van der Waals surface area contributed by atoms with Crippen LogP contribution in [-0.2, 0) is 9.59 Å². The molecule has 26 heavy (non-hydrogen) atoms. The Kier molecular flexibility index (Phi) is 4.71. The zero-order valence-electron chi connectivity index (χ0n) is 14.6. The van der Waals surface area contributed by atoms with Crippen molar-refractivity contribution < 1.29 is 14.5 Å². The molecule has 0 radical (unpaired) electrons. The minimum atomic E-state index is -0.553. The number of para-hydroxylation sites is 1. The Hall–Kier alpha value is -3.22. The number of aryl methyl sites for hydroxylation is 2. The van der Waals surface area contributed by atoms with E-state index in [0.29, 0.717) is 5.56 Å². The van der Waals surface area contributed by atoms with Gasteiger partial charge in [-0.05, 0) is 31.5 Å². The molecule has 0 bridgehead atoms. The summed E-state index contributed by atoms with van der Waals surface area (Å²) in [7, 11) is 0. The van der Waals surface area contributed by atoms with Gasteiger partial charge < -0.3 is 10.2 Å². The van der Waals surface area contributed by atoms with Crippen molar-refractivity contribution in [3.05, 3.63) is 63.7 Å². The predicted molar refractivity (Wildman–Crippen MR) is 98.1 cm³/mol. The summed E-state index contributed by atoms with van der Waals surface area (Å²) < 4.78 is 0. The van der Waals surface area contributed by atoms with Gasteiger partial charge in [0.1, 0.15) is 5.69 Å². The topological polar surface area (TPSA) is 92.6 Å². The van der Waals surface area contributed by atoms with Crippen LogP contribution < -0.4 is 10.2 Å². The first kappa shape index (κ1) is 17.6. The molecule has 2 aromatic rings. The summed E-state index contributed by atoms with van der Waals surface area (Å²) in [6.45, 7) is 3.91. The SMILES string of the molecule is Cc1ccc(N2CC(C(=O)Nc3c(C)cccc3[N+](=O)[O-])CC2=O)cc1. The molecule has 0 aliphatic carbocycles. The average Bonchev–Trinajstić information content (AvgIpc) is 2.99. The lowest BCUT2D eigenvalue weighted by Gasteiger charge is -2.17. The van der Waals surface area contributed by atoms with Gasteiger partial charge in [-0.1, -0.05) is 29.8 Å². The number of anilines is 2. The van der Waals surface area contributed by atoms with Gasteiger partial charge in [-0.3, -0.25) is 19.7 Å². The van der Waals surface area contributed by atoms with Crippen molar-refractivity contribution in [1.29, 1.82) is 0 Å². The van der Waals surface area contributed by atoms with Gasteiger partial charge in [-0.15, -0.1) is 0 Å². The highest BCUT2D eigenvalue weighted by atomic mass is 16.6. The fraction of sp³-hybridized carbons (Fsp3) is 0.263. The maximum absolute atomic E-state index is 12.6. The number of benzene rings is 2. The molecule has 3 rings (SSSR count). The van der Waals surface area contributed by atoms with E-state index < -0.39 is 10.8 Å². The fourth-order valence-corrected chi connectivity index (χ4v) is 3.05. The van der Waals surface area contributed by atoms with Gasteiger partial charge >= 0.3 is 0 Å². The molecule has 134 valence electrons. The summed E-state index contributed by atoms with van der Waals surface area (Å²) in [4.78, 5) is 37.2. The lowest BCUT2D eigenvalue weighted by atomic mass is 10.1. The second kappa shape index (κ2) is 6.95. The first-order valence-corrected chi connectivity index (χ1v) is 8.28. The van der Waals surface area contributed by atoms with Crippen LogP contribution in [0.15, 0.2) is 42.5 Å². The molecule has 1 aliphatic rings. The second-order valence-corrected chi connectivity index (χ2v) is 6.46. The molecule has 7 nitrogen and oxygen atoms in total. The number of hydrogen-bond acceptors (Lipinski definition) is 4. The van der Waals surface area contributed by atoms with E-state index in [0.717, 1.165) is 11.3 Å². The minimum absolute atomic E-state index is 0.0827. The minimum Gasteiger partial charge on any atom is -0.320 e. The van der Waals surface area contributed by atoms with E-state index in [1.54, 1.807) is 24.0 Å². The number of carbonyl (C=O) groups is 2. The van der Waals surface area contributed by atoms with E-state index in [4.69, 9.17) is 0 Å². The Balaban J connectivity index is 1.77. The van der Waals surface area contributed by atoms with Gasteiger partial charge in [-0.2, -0.15) is 0 Å². The zero-order chi connectivity index (χ0) is 18.8. The number of hydrogen-bond donors (Lipinski definition) is 1. The molecule has 2 aromatic carbocycles.